The van der Waals surface area contributed by atoms with Gasteiger partial charge in [-0.3, -0.25) is 19.3 Å². The number of pyridine rings is 2. The summed E-state index contributed by atoms with van der Waals surface area (Å²) in [5, 5.41) is 16.0. The Kier molecular flexibility index (Phi) is 13.0. The van der Waals surface area contributed by atoms with E-state index in [9.17, 15) is 19.5 Å². The molecule has 2 bridgehead atoms. The fourth-order valence-electron chi connectivity index (χ4n) is 10.0. The molecule has 2 atom stereocenters. The fourth-order valence-corrected chi connectivity index (χ4v) is 11.3. The second-order valence-corrected chi connectivity index (χ2v) is 24.6. The summed E-state index contributed by atoms with van der Waals surface area (Å²) in [5.74, 6) is 0.517. The Morgan fingerprint density at radius 3 is 2.47 bits per heavy atom. The van der Waals surface area contributed by atoms with Crippen molar-refractivity contribution >= 4 is 36.1 Å². The molecule has 1 saturated carbocycles. The van der Waals surface area contributed by atoms with Crippen LogP contribution >= 0.6 is 0 Å². The van der Waals surface area contributed by atoms with E-state index >= 15 is 0 Å². The van der Waals surface area contributed by atoms with Gasteiger partial charge in [-0.1, -0.05) is 76.4 Å². The quantitative estimate of drug-likeness (QED) is 0.0541. The predicted molar refractivity (Wildman–Crippen MR) is 250 cm³/mol. The summed E-state index contributed by atoms with van der Waals surface area (Å²) in [6.45, 7) is 16.0. The lowest BCUT2D eigenvalue weighted by molar-refractivity contribution is -0.167. The number of unbranched alkanes of at least 4 members (excludes halogenated alkanes) is 1. The van der Waals surface area contributed by atoms with E-state index in [0.29, 0.717) is 31.1 Å². The molecular weight excluding hydrogens is 793 g/mol. The number of phenols is 1. The molecule has 5 aromatic rings. The molecule has 0 spiro atoms. The Morgan fingerprint density at radius 2 is 1.73 bits per heavy atom. The highest BCUT2D eigenvalue weighted by Crippen LogP contribution is 2.43. The molecule has 3 aliphatic heterocycles. The van der Waals surface area contributed by atoms with Gasteiger partial charge in [0.15, 0.2) is 8.32 Å². The number of phenolic OH excluding ortho intramolecular Hbond substituents is 1. The molecule has 62 heavy (non-hydrogen) atoms. The first kappa shape index (κ1) is 44.1. The van der Waals surface area contributed by atoms with Crippen molar-refractivity contribution in [3.63, 3.8) is 0 Å². The van der Waals surface area contributed by atoms with E-state index in [-0.39, 0.29) is 40.1 Å². The highest BCUT2D eigenvalue weighted by Gasteiger charge is 2.46. The van der Waals surface area contributed by atoms with Crippen LogP contribution in [0.25, 0.3) is 21.8 Å². The number of nitrogens with one attached hydrogen (secondary N) is 2. The number of carbonyl (C=O) groups is 1. The molecule has 2 aromatic heterocycles. The monoisotopic (exact) mass is 858 g/mol. The standard InChI is InChI=1S/C51H66N4O6Si/c1-50(2,3)62(4,5)61-44(40-17-20-43(56)48-41(40)18-21-46(57)53-48)33-52-32-36-15-19-42-38(30-36)16-22-47(58)55(42)27-10-7-12-35-13-11-14-39(31-35)51(25-8-6-9-26-51)49(59)60-45-34-54-28-23-37(45)24-29-54/h11,13-22,30-31,37,44-45,52,56H,6-10,12,23-29,32-34H2,1-5H3,(H,53,57)/t44-,45-/m0/s1. The van der Waals surface area contributed by atoms with Crippen molar-refractivity contribution < 1.29 is 19.1 Å². The largest absolute Gasteiger partial charge is 0.506 e. The molecule has 4 aliphatic rings. The van der Waals surface area contributed by atoms with Crippen molar-refractivity contribution in [1.82, 2.24) is 19.8 Å². The number of hydrogen-bond acceptors (Lipinski definition) is 8. The van der Waals surface area contributed by atoms with Gasteiger partial charge in [0.2, 0.25) is 5.56 Å². The summed E-state index contributed by atoms with van der Waals surface area (Å²) < 4.78 is 15.3. The molecule has 3 N–H and O–H groups in total. The van der Waals surface area contributed by atoms with Gasteiger partial charge < -0.3 is 29.1 Å². The van der Waals surface area contributed by atoms with Crippen molar-refractivity contribution in [1.29, 1.82) is 0 Å². The van der Waals surface area contributed by atoms with Crippen LogP contribution in [0.3, 0.4) is 0 Å². The van der Waals surface area contributed by atoms with Crippen LogP contribution in [0.1, 0.15) is 107 Å². The maximum absolute atomic E-state index is 14.1. The number of benzene rings is 3. The number of esters is 1. The molecular formula is C51H66N4O6Si. The maximum atomic E-state index is 14.1. The third-order valence-corrected chi connectivity index (χ3v) is 19.2. The normalized spacial score (nSPS) is 20.7. The van der Waals surface area contributed by atoms with Gasteiger partial charge in [0.05, 0.1) is 22.6 Å². The molecule has 10 nitrogen and oxygen atoms in total. The van der Waals surface area contributed by atoms with Crippen LogP contribution in [0.2, 0.25) is 18.1 Å². The van der Waals surface area contributed by atoms with Gasteiger partial charge >= 0.3 is 5.97 Å². The molecule has 4 fully saturated rings. The first-order valence-electron chi connectivity index (χ1n) is 23.1. The average Bonchev–Trinajstić information content (AvgIpc) is 3.26. The summed E-state index contributed by atoms with van der Waals surface area (Å²) in [7, 11) is -2.22. The minimum Gasteiger partial charge on any atom is -0.506 e. The van der Waals surface area contributed by atoms with Gasteiger partial charge in [-0.25, -0.2) is 0 Å². The van der Waals surface area contributed by atoms with E-state index in [1.165, 1.54) is 18.1 Å². The first-order valence-corrected chi connectivity index (χ1v) is 26.0. The lowest BCUT2D eigenvalue weighted by Crippen LogP contribution is -2.53. The molecule has 5 heterocycles. The number of aromatic amines is 1. The second kappa shape index (κ2) is 18.3. The lowest BCUT2D eigenvalue weighted by atomic mass is 9.69. The average molecular weight is 859 g/mol. The molecule has 0 amide bonds. The van der Waals surface area contributed by atoms with Crippen LogP contribution in [0.4, 0.5) is 0 Å². The number of piperidine rings is 3. The maximum Gasteiger partial charge on any atom is 0.316 e. The van der Waals surface area contributed by atoms with Crippen LogP contribution in [-0.2, 0) is 38.9 Å². The van der Waals surface area contributed by atoms with Crippen molar-refractivity contribution in [2.45, 2.75) is 134 Å². The summed E-state index contributed by atoms with van der Waals surface area (Å²) in [5.41, 5.74) is 4.86. The second-order valence-electron chi connectivity index (χ2n) is 19.9. The Hall–Kier alpha value is -4.55. The summed E-state index contributed by atoms with van der Waals surface area (Å²) in [4.78, 5) is 44.8. The Morgan fingerprint density at radius 1 is 0.935 bits per heavy atom. The lowest BCUT2D eigenvalue weighted by Gasteiger charge is -2.45. The zero-order chi connectivity index (χ0) is 43.6. The van der Waals surface area contributed by atoms with Gasteiger partial charge in [0, 0.05) is 43.7 Å². The van der Waals surface area contributed by atoms with Gasteiger partial charge in [0.1, 0.15) is 11.9 Å². The summed E-state index contributed by atoms with van der Waals surface area (Å²) in [6, 6.07) is 25.4. The molecule has 1 aliphatic carbocycles. The van der Waals surface area contributed by atoms with Crippen molar-refractivity contribution in [3.05, 3.63) is 122 Å². The summed E-state index contributed by atoms with van der Waals surface area (Å²) >= 11 is 0. The van der Waals surface area contributed by atoms with Gasteiger partial charge in [-0.2, -0.15) is 0 Å². The Labute approximate surface area is 367 Å². The highest BCUT2D eigenvalue weighted by atomic mass is 28.4. The van der Waals surface area contributed by atoms with E-state index in [1.54, 1.807) is 18.2 Å². The number of nitrogens with zero attached hydrogens (tertiary/aromatic N) is 2. The van der Waals surface area contributed by atoms with Gasteiger partial charge in [-0.05, 0) is 140 Å². The number of aryl methyl sites for hydroxylation is 2. The topological polar surface area (TPSA) is 126 Å². The number of aromatic nitrogens is 2. The van der Waals surface area contributed by atoms with E-state index in [0.717, 1.165) is 110 Å². The molecule has 3 saturated heterocycles. The van der Waals surface area contributed by atoms with Crippen molar-refractivity contribution in [2.75, 3.05) is 26.2 Å². The number of H-pyrrole nitrogens is 1. The van der Waals surface area contributed by atoms with Crippen LogP contribution in [-0.4, -0.2) is 66.1 Å². The molecule has 0 unspecified atom stereocenters. The third-order valence-electron chi connectivity index (χ3n) is 14.7. The number of rotatable bonds is 15. The smallest absolute Gasteiger partial charge is 0.316 e. The zero-order valence-electron chi connectivity index (χ0n) is 37.4. The van der Waals surface area contributed by atoms with Crippen LogP contribution in [0.5, 0.6) is 5.75 Å². The van der Waals surface area contributed by atoms with Gasteiger partial charge in [0.25, 0.3) is 5.56 Å². The number of carbonyl (C=O) groups excluding carboxylic acids is 1. The van der Waals surface area contributed by atoms with Crippen LogP contribution in [0, 0.1) is 5.92 Å². The van der Waals surface area contributed by atoms with E-state index in [2.05, 4.69) is 91.5 Å². The molecule has 330 valence electrons. The molecule has 3 aromatic carbocycles. The number of fused-ring (bicyclic) bond motifs is 5. The zero-order valence-corrected chi connectivity index (χ0v) is 38.4. The van der Waals surface area contributed by atoms with E-state index in [4.69, 9.17) is 9.16 Å². The Bertz CT molecular complexity index is 2510. The Balaban J connectivity index is 0.913. The van der Waals surface area contributed by atoms with Crippen LogP contribution in [0.15, 0.2) is 88.5 Å². The highest BCUT2D eigenvalue weighted by molar-refractivity contribution is 6.74. The van der Waals surface area contributed by atoms with Crippen molar-refractivity contribution in [2.24, 2.45) is 5.92 Å². The predicted octanol–water partition coefficient (Wildman–Crippen LogP) is 9.26. The molecule has 11 heteroatoms. The van der Waals surface area contributed by atoms with Crippen molar-refractivity contribution in [3.8, 4) is 5.75 Å². The van der Waals surface area contributed by atoms with E-state index in [1.807, 2.05) is 16.7 Å². The van der Waals surface area contributed by atoms with E-state index < -0.39 is 13.7 Å². The van der Waals surface area contributed by atoms with Gasteiger partial charge in [-0.15, -0.1) is 0 Å². The minimum absolute atomic E-state index is 0.000739. The SMILES string of the molecule is CC(C)(C)[Si](C)(C)O[C@@H](CNCc1ccc2c(ccc(=O)n2CCCCc2cccc(C3(C(=O)O[C@H]4CN5CCC4CC5)CCCCC3)c2)c1)c1ccc(O)c2[nH]c(=O)ccc12. The van der Waals surface area contributed by atoms with Crippen LogP contribution < -0.4 is 16.4 Å². The first-order chi connectivity index (χ1) is 29.7. The third kappa shape index (κ3) is 9.37. The molecule has 9 rings (SSSR count). The number of ether oxygens (including phenoxy) is 1. The summed E-state index contributed by atoms with van der Waals surface area (Å²) in [6.07, 6.45) is 9.60. The number of hydrogen-bond donors (Lipinski definition) is 3. The molecule has 0 radical (unpaired) electrons. The number of aromatic hydroxyl groups is 1. The minimum atomic E-state index is -2.22. The fraction of sp³-hybridized carbons (Fsp3) is 0.510.